The van der Waals surface area contributed by atoms with E-state index in [2.05, 4.69) is 22.4 Å². The molecular weight excluding hydrogens is 346 g/mol. The van der Waals surface area contributed by atoms with Crippen LogP contribution in [0.15, 0.2) is 71.9 Å². The molecule has 6 heteroatoms. The maximum Gasteiger partial charge on any atom is 0.243 e. The molecule has 1 atom stereocenters. The third-order valence-electron chi connectivity index (χ3n) is 4.80. The first-order valence-electron chi connectivity index (χ1n) is 8.75. The smallest absolute Gasteiger partial charge is 0.243 e. The van der Waals surface area contributed by atoms with Crippen LogP contribution in [-0.2, 0) is 16.4 Å². The van der Waals surface area contributed by atoms with Crippen LogP contribution >= 0.6 is 0 Å². The molecule has 4 rings (SSSR count). The number of pyridine rings is 1. The van der Waals surface area contributed by atoms with E-state index in [1.807, 2.05) is 24.3 Å². The fourth-order valence-electron chi connectivity index (χ4n) is 3.51. The first-order valence-corrected chi connectivity index (χ1v) is 10.2. The Hall–Kier alpha value is -2.28. The number of hydrogen-bond acceptors (Lipinski definition) is 4. The van der Waals surface area contributed by atoms with E-state index in [-0.39, 0.29) is 6.04 Å². The van der Waals surface area contributed by atoms with Gasteiger partial charge in [0.1, 0.15) is 0 Å². The van der Waals surface area contributed by atoms with Gasteiger partial charge in [-0.2, -0.15) is 4.31 Å². The molecule has 1 saturated heterocycles. The van der Waals surface area contributed by atoms with Gasteiger partial charge in [-0.3, -0.25) is 4.98 Å². The van der Waals surface area contributed by atoms with E-state index >= 15 is 0 Å². The van der Waals surface area contributed by atoms with Crippen LogP contribution in [-0.4, -0.2) is 43.4 Å². The molecule has 1 fully saturated rings. The zero-order chi connectivity index (χ0) is 18.0. The summed E-state index contributed by atoms with van der Waals surface area (Å²) in [4.78, 5) is 4.45. The summed E-state index contributed by atoms with van der Waals surface area (Å²) in [7, 11) is -3.55. The molecule has 1 unspecified atom stereocenters. The molecule has 0 spiro atoms. The summed E-state index contributed by atoms with van der Waals surface area (Å²) in [5, 5.41) is 5.00. The van der Waals surface area contributed by atoms with Crippen molar-refractivity contribution in [3.05, 3.63) is 72.6 Å². The molecule has 0 radical (unpaired) electrons. The Morgan fingerprint density at radius 1 is 1.08 bits per heavy atom. The highest BCUT2D eigenvalue weighted by Crippen LogP contribution is 2.26. The van der Waals surface area contributed by atoms with Gasteiger partial charge >= 0.3 is 0 Å². The summed E-state index contributed by atoms with van der Waals surface area (Å²) in [6.07, 6.45) is 4.15. The summed E-state index contributed by atoms with van der Waals surface area (Å²) in [5.74, 6) is 0. The van der Waals surface area contributed by atoms with Crippen LogP contribution in [0.4, 0.5) is 0 Å². The van der Waals surface area contributed by atoms with Gasteiger partial charge < -0.3 is 5.32 Å². The summed E-state index contributed by atoms with van der Waals surface area (Å²) in [5.41, 5.74) is 1.21. The van der Waals surface area contributed by atoms with E-state index in [9.17, 15) is 8.42 Å². The average molecular weight is 367 g/mol. The average Bonchev–Trinajstić information content (AvgIpc) is 2.68. The van der Waals surface area contributed by atoms with Crippen molar-refractivity contribution in [3.63, 3.8) is 0 Å². The zero-order valence-electron chi connectivity index (χ0n) is 14.4. The van der Waals surface area contributed by atoms with Gasteiger partial charge in [0.2, 0.25) is 10.0 Å². The van der Waals surface area contributed by atoms with Crippen LogP contribution in [0, 0.1) is 0 Å². The van der Waals surface area contributed by atoms with E-state index in [1.54, 1.807) is 34.9 Å². The van der Waals surface area contributed by atoms with Crippen molar-refractivity contribution in [3.8, 4) is 0 Å². The van der Waals surface area contributed by atoms with Crippen molar-refractivity contribution in [1.29, 1.82) is 0 Å². The molecule has 26 heavy (non-hydrogen) atoms. The number of hydrogen-bond donors (Lipinski definition) is 1. The second kappa shape index (κ2) is 7.15. The number of fused-ring (bicyclic) bond motifs is 1. The normalized spacial score (nSPS) is 18.8. The molecule has 2 aromatic carbocycles. The maximum atomic E-state index is 13.3. The molecule has 0 amide bonds. The molecule has 2 heterocycles. The Kier molecular flexibility index (Phi) is 4.72. The predicted molar refractivity (Wildman–Crippen MR) is 102 cm³/mol. The quantitative estimate of drug-likeness (QED) is 0.769. The minimum atomic E-state index is -3.55. The molecule has 0 aliphatic carbocycles. The predicted octanol–water partition coefficient (Wildman–Crippen LogP) is 2.44. The first-order chi connectivity index (χ1) is 12.6. The number of nitrogens with zero attached hydrogens (tertiary/aromatic N) is 2. The topological polar surface area (TPSA) is 62.3 Å². The fourth-order valence-corrected chi connectivity index (χ4v) is 5.21. The highest BCUT2D eigenvalue weighted by molar-refractivity contribution is 7.89. The van der Waals surface area contributed by atoms with Crippen LogP contribution in [0.25, 0.3) is 10.8 Å². The minimum Gasteiger partial charge on any atom is -0.311 e. The lowest BCUT2D eigenvalue weighted by atomic mass is 10.1. The van der Waals surface area contributed by atoms with Gasteiger partial charge in [0.15, 0.2) is 0 Å². The molecule has 1 aromatic heterocycles. The number of aromatic nitrogens is 1. The highest BCUT2D eigenvalue weighted by Gasteiger charge is 2.31. The Labute approximate surface area is 153 Å². The maximum absolute atomic E-state index is 13.3. The van der Waals surface area contributed by atoms with Gasteiger partial charge in [-0.1, -0.05) is 42.5 Å². The lowest BCUT2D eigenvalue weighted by molar-refractivity contribution is 0.297. The summed E-state index contributed by atoms with van der Waals surface area (Å²) in [6.45, 7) is 1.61. The van der Waals surface area contributed by atoms with Crippen molar-refractivity contribution < 1.29 is 8.42 Å². The van der Waals surface area contributed by atoms with E-state index in [0.29, 0.717) is 24.5 Å². The van der Waals surface area contributed by atoms with Gasteiger partial charge in [-0.15, -0.1) is 0 Å². The standard InChI is InChI=1S/C20H21N3O2S/c24-26(25,20-8-4-7-17-14-21-10-9-19(17)20)23-12-11-22-18(15-23)13-16-5-2-1-3-6-16/h1-10,14,18,22H,11-13,15H2. The van der Waals surface area contributed by atoms with Gasteiger partial charge in [0, 0.05) is 48.8 Å². The van der Waals surface area contributed by atoms with Gasteiger partial charge in [-0.05, 0) is 24.1 Å². The van der Waals surface area contributed by atoms with Gasteiger partial charge in [-0.25, -0.2) is 8.42 Å². The van der Waals surface area contributed by atoms with Crippen molar-refractivity contribution in [2.75, 3.05) is 19.6 Å². The number of nitrogens with one attached hydrogen (secondary N) is 1. The molecule has 134 valence electrons. The SMILES string of the molecule is O=S(=O)(c1cccc2cnccc12)N1CCNC(Cc2ccccc2)C1. The molecular formula is C20H21N3O2S. The van der Waals surface area contributed by atoms with Crippen molar-refractivity contribution in [1.82, 2.24) is 14.6 Å². The van der Waals surface area contributed by atoms with E-state index in [0.717, 1.165) is 17.2 Å². The van der Waals surface area contributed by atoms with Crippen LogP contribution in [0.5, 0.6) is 0 Å². The molecule has 1 N–H and O–H groups in total. The second-order valence-electron chi connectivity index (χ2n) is 6.56. The van der Waals surface area contributed by atoms with Crippen LogP contribution in [0.3, 0.4) is 0 Å². The molecule has 3 aromatic rings. The summed E-state index contributed by atoms with van der Waals surface area (Å²) >= 11 is 0. The fraction of sp³-hybridized carbons (Fsp3) is 0.250. The molecule has 5 nitrogen and oxygen atoms in total. The third kappa shape index (κ3) is 3.35. The van der Waals surface area contributed by atoms with Crippen molar-refractivity contribution in [2.24, 2.45) is 0 Å². The van der Waals surface area contributed by atoms with Gasteiger partial charge in [0.25, 0.3) is 0 Å². The molecule has 0 saturated carbocycles. The number of piperazine rings is 1. The Morgan fingerprint density at radius 3 is 2.77 bits per heavy atom. The van der Waals surface area contributed by atoms with Crippen LogP contribution in [0.2, 0.25) is 0 Å². The van der Waals surface area contributed by atoms with Crippen molar-refractivity contribution in [2.45, 2.75) is 17.4 Å². The van der Waals surface area contributed by atoms with E-state index in [4.69, 9.17) is 0 Å². The third-order valence-corrected chi connectivity index (χ3v) is 6.73. The highest BCUT2D eigenvalue weighted by atomic mass is 32.2. The zero-order valence-corrected chi connectivity index (χ0v) is 15.2. The largest absolute Gasteiger partial charge is 0.311 e. The Morgan fingerprint density at radius 2 is 1.92 bits per heavy atom. The summed E-state index contributed by atoms with van der Waals surface area (Å²) < 4.78 is 28.2. The van der Waals surface area contributed by atoms with E-state index in [1.165, 1.54) is 5.56 Å². The van der Waals surface area contributed by atoms with Crippen LogP contribution in [0.1, 0.15) is 5.56 Å². The molecule has 1 aliphatic heterocycles. The van der Waals surface area contributed by atoms with Crippen LogP contribution < -0.4 is 5.32 Å². The molecule has 0 bridgehead atoms. The number of rotatable bonds is 4. The number of benzene rings is 2. The monoisotopic (exact) mass is 367 g/mol. The van der Waals surface area contributed by atoms with Crippen molar-refractivity contribution >= 4 is 20.8 Å². The number of sulfonamides is 1. The Balaban J connectivity index is 1.61. The second-order valence-corrected chi connectivity index (χ2v) is 8.46. The van der Waals surface area contributed by atoms with Gasteiger partial charge in [0.05, 0.1) is 4.90 Å². The van der Waals surface area contributed by atoms with E-state index < -0.39 is 10.0 Å². The Bertz CT molecular complexity index is 1000. The summed E-state index contributed by atoms with van der Waals surface area (Å²) in [6, 6.07) is 17.4. The minimum absolute atomic E-state index is 0.109. The molecule has 1 aliphatic rings. The lowest BCUT2D eigenvalue weighted by Crippen LogP contribution is -2.53. The lowest BCUT2D eigenvalue weighted by Gasteiger charge is -2.33. The first kappa shape index (κ1) is 17.1.